The van der Waals surface area contributed by atoms with Gasteiger partial charge in [0.1, 0.15) is 11.6 Å². The van der Waals surface area contributed by atoms with Crippen LogP contribution < -0.4 is 11.1 Å². The van der Waals surface area contributed by atoms with Crippen LogP contribution in [-0.4, -0.2) is 19.0 Å². The molecule has 1 rings (SSSR count). The molecule has 5 nitrogen and oxygen atoms in total. The van der Waals surface area contributed by atoms with Crippen molar-refractivity contribution in [3.63, 3.8) is 0 Å². The second-order valence-corrected chi connectivity index (χ2v) is 6.30. The summed E-state index contributed by atoms with van der Waals surface area (Å²) < 4.78 is 36.1. The van der Waals surface area contributed by atoms with E-state index in [1.54, 1.807) is 20.8 Å². The Balaban J connectivity index is 2.90. The lowest BCUT2D eigenvalue weighted by molar-refractivity contribution is 0.215. The third-order valence-electron chi connectivity index (χ3n) is 2.47. The second kappa shape index (κ2) is 6.89. The number of benzene rings is 1. The highest BCUT2D eigenvalue weighted by atomic mass is 31.2. The molecule has 0 aromatic heterocycles. The van der Waals surface area contributed by atoms with Crippen molar-refractivity contribution in [3.05, 3.63) is 24.0 Å². The summed E-state index contributed by atoms with van der Waals surface area (Å²) in [5.41, 5.74) is 6.46. The van der Waals surface area contributed by atoms with Gasteiger partial charge in [0.2, 0.25) is 0 Å². The van der Waals surface area contributed by atoms with E-state index in [0.717, 1.165) is 0 Å². The van der Waals surface area contributed by atoms with Gasteiger partial charge in [-0.25, -0.2) is 4.39 Å². The fraction of sp³-hybridized carbons (Fsp3) is 0.500. The number of nitrogen functional groups attached to an aromatic ring is 1. The Bertz CT molecular complexity index is 460. The minimum atomic E-state index is -3.30. The zero-order valence-electron chi connectivity index (χ0n) is 11.4. The van der Waals surface area contributed by atoms with Gasteiger partial charge in [0.25, 0.3) is 0 Å². The van der Waals surface area contributed by atoms with Crippen LogP contribution in [0.2, 0.25) is 0 Å². The lowest BCUT2D eigenvalue weighted by Crippen LogP contribution is -2.19. The molecule has 0 amide bonds. The smallest absolute Gasteiger partial charge is 0.352 e. The molecule has 19 heavy (non-hydrogen) atoms. The summed E-state index contributed by atoms with van der Waals surface area (Å²) in [5.74, 6) is -1.05. The Kier molecular flexibility index (Phi) is 5.79. The van der Waals surface area contributed by atoms with Crippen LogP contribution >= 0.6 is 7.60 Å². The highest BCUT2D eigenvalue weighted by Crippen LogP contribution is 2.53. The molecule has 0 fully saturated rings. The van der Waals surface area contributed by atoms with Gasteiger partial charge in [-0.2, -0.15) is 0 Å². The maximum Gasteiger partial charge on any atom is 0.352 e. The number of nitrogens with two attached hydrogens (primary N) is 1. The largest absolute Gasteiger partial charge is 0.397 e. The van der Waals surface area contributed by atoms with Crippen molar-refractivity contribution in [1.82, 2.24) is 0 Å². The van der Waals surface area contributed by atoms with Crippen LogP contribution in [0.1, 0.15) is 20.8 Å². The van der Waals surface area contributed by atoms with E-state index in [2.05, 4.69) is 5.32 Å². The number of nitrogens with one attached hydrogen (secondary N) is 1. The number of rotatable bonds is 7. The molecule has 1 unspecified atom stereocenters. The molecule has 0 bridgehead atoms. The van der Waals surface area contributed by atoms with Crippen LogP contribution in [0.4, 0.5) is 15.8 Å². The monoisotopic (exact) mass is 290 g/mol. The van der Waals surface area contributed by atoms with E-state index in [9.17, 15) is 8.96 Å². The maximum absolute atomic E-state index is 13.2. The van der Waals surface area contributed by atoms with Gasteiger partial charge in [-0.15, -0.1) is 0 Å². The summed E-state index contributed by atoms with van der Waals surface area (Å²) in [6.45, 7) is 5.64. The van der Waals surface area contributed by atoms with E-state index in [1.165, 1.54) is 18.2 Å². The fourth-order valence-electron chi connectivity index (χ4n) is 1.58. The summed E-state index contributed by atoms with van der Waals surface area (Å²) in [6.07, 6.45) is 0. The fourth-order valence-corrected chi connectivity index (χ4v) is 3.12. The quantitative estimate of drug-likeness (QED) is 0.594. The van der Waals surface area contributed by atoms with Crippen molar-refractivity contribution in [2.24, 2.45) is 0 Å². The van der Waals surface area contributed by atoms with Gasteiger partial charge in [-0.3, -0.25) is 4.57 Å². The zero-order valence-corrected chi connectivity index (χ0v) is 12.2. The molecule has 1 atom stereocenters. The number of halogens is 1. The summed E-state index contributed by atoms with van der Waals surface area (Å²) in [7, 11) is -3.30. The second-order valence-electron chi connectivity index (χ2n) is 3.93. The molecule has 0 radical (unpaired) electrons. The van der Waals surface area contributed by atoms with Crippen molar-refractivity contribution >= 4 is 19.0 Å². The highest BCUT2D eigenvalue weighted by molar-refractivity contribution is 7.54. The Hall–Kier alpha value is -1.10. The Morgan fingerprint density at radius 1 is 1.37 bits per heavy atom. The van der Waals surface area contributed by atoms with E-state index in [4.69, 9.17) is 14.8 Å². The molecule has 0 heterocycles. The molecule has 1 aromatic rings. The van der Waals surface area contributed by atoms with Crippen LogP contribution in [0.5, 0.6) is 0 Å². The van der Waals surface area contributed by atoms with E-state index in [1.807, 2.05) is 0 Å². The molecular formula is C12H20FN2O3P. The van der Waals surface area contributed by atoms with Gasteiger partial charge in [0.15, 0.2) is 0 Å². The summed E-state index contributed by atoms with van der Waals surface area (Å²) in [6, 6.07) is 3.95. The summed E-state index contributed by atoms with van der Waals surface area (Å²) in [5, 5.41) is 2.88. The van der Waals surface area contributed by atoms with Gasteiger partial charge < -0.3 is 20.1 Å². The summed E-state index contributed by atoms with van der Waals surface area (Å²) >= 11 is 0. The van der Waals surface area contributed by atoms with Crippen LogP contribution in [0.25, 0.3) is 0 Å². The molecule has 7 heteroatoms. The van der Waals surface area contributed by atoms with Crippen LogP contribution in [0.15, 0.2) is 18.2 Å². The van der Waals surface area contributed by atoms with Gasteiger partial charge in [-0.1, -0.05) is 0 Å². The van der Waals surface area contributed by atoms with Gasteiger partial charge in [0.05, 0.1) is 24.6 Å². The average Bonchev–Trinajstić information content (AvgIpc) is 2.34. The van der Waals surface area contributed by atoms with Crippen molar-refractivity contribution in [3.8, 4) is 0 Å². The van der Waals surface area contributed by atoms with Crippen molar-refractivity contribution in [2.75, 3.05) is 24.3 Å². The first-order chi connectivity index (χ1) is 8.92. The zero-order chi connectivity index (χ0) is 14.5. The molecule has 0 aliphatic rings. The number of hydrogen-bond acceptors (Lipinski definition) is 5. The minimum Gasteiger partial charge on any atom is -0.397 e. The molecule has 0 aliphatic carbocycles. The Morgan fingerprint density at radius 2 is 1.95 bits per heavy atom. The first-order valence-corrected chi connectivity index (χ1v) is 7.74. The molecule has 1 aromatic carbocycles. The molecule has 0 saturated carbocycles. The van der Waals surface area contributed by atoms with Crippen LogP contribution in [0.3, 0.4) is 0 Å². The topological polar surface area (TPSA) is 73.6 Å². The van der Waals surface area contributed by atoms with E-state index < -0.39 is 19.2 Å². The molecule has 0 aliphatic heterocycles. The molecule has 0 saturated heterocycles. The lowest BCUT2D eigenvalue weighted by atomic mass is 10.2. The first kappa shape index (κ1) is 16.0. The summed E-state index contributed by atoms with van der Waals surface area (Å²) in [4.78, 5) is 0. The van der Waals surface area contributed by atoms with E-state index in [-0.39, 0.29) is 13.2 Å². The first-order valence-electron chi connectivity index (χ1n) is 6.13. The maximum atomic E-state index is 13.2. The molecule has 0 spiro atoms. The molecule has 3 N–H and O–H groups in total. The molecule has 108 valence electrons. The predicted octanol–water partition coefficient (Wildman–Crippen LogP) is 3.43. The van der Waals surface area contributed by atoms with Gasteiger partial charge in [0, 0.05) is 0 Å². The van der Waals surface area contributed by atoms with Crippen molar-refractivity contribution < 1.29 is 18.0 Å². The lowest BCUT2D eigenvalue weighted by Gasteiger charge is -2.25. The highest BCUT2D eigenvalue weighted by Gasteiger charge is 2.32. The van der Waals surface area contributed by atoms with Crippen molar-refractivity contribution in [2.45, 2.75) is 26.6 Å². The van der Waals surface area contributed by atoms with Crippen LogP contribution in [-0.2, 0) is 13.6 Å². The minimum absolute atomic E-state index is 0.266. The standard InChI is InChI=1S/C12H20FN2O3P/c1-4-17-19(16,18-5-2)9(3)15-12-8-10(13)6-7-11(12)14/h6-9,15H,4-5,14H2,1-3H3. The third kappa shape index (κ3) is 4.20. The molecular weight excluding hydrogens is 270 g/mol. The van der Waals surface area contributed by atoms with E-state index in [0.29, 0.717) is 11.4 Å². The Labute approximate surface area is 112 Å². The van der Waals surface area contributed by atoms with Crippen molar-refractivity contribution in [1.29, 1.82) is 0 Å². The van der Waals surface area contributed by atoms with Gasteiger partial charge in [-0.05, 0) is 39.0 Å². The normalized spacial score (nSPS) is 13.3. The van der Waals surface area contributed by atoms with Gasteiger partial charge >= 0.3 is 7.60 Å². The Morgan fingerprint density at radius 3 is 2.47 bits per heavy atom. The van der Waals surface area contributed by atoms with E-state index >= 15 is 0 Å². The average molecular weight is 290 g/mol. The number of anilines is 2. The van der Waals surface area contributed by atoms with Crippen LogP contribution in [0, 0.1) is 5.82 Å². The SMILES string of the molecule is CCOP(=O)(OCC)C(C)Nc1cc(F)ccc1N. The predicted molar refractivity (Wildman–Crippen MR) is 74.8 cm³/mol. The number of hydrogen-bond donors (Lipinski definition) is 2. The third-order valence-corrected chi connectivity index (χ3v) is 4.79.